The number of hydrogen-bond acceptors (Lipinski definition) is 2. The summed E-state index contributed by atoms with van der Waals surface area (Å²) in [7, 11) is 0. The summed E-state index contributed by atoms with van der Waals surface area (Å²) < 4.78 is 19.6. The minimum atomic E-state index is -0.421. The van der Waals surface area contributed by atoms with Crippen molar-refractivity contribution in [2.45, 2.75) is 19.7 Å². The molecular formula is C28H24FNO2. The molecule has 0 fully saturated rings. The van der Waals surface area contributed by atoms with Crippen LogP contribution < -0.4 is 4.74 Å². The molecule has 0 N–H and O–H groups in total. The van der Waals surface area contributed by atoms with Crippen molar-refractivity contribution in [3.8, 4) is 5.75 Å². The van der Waals surface area contributed by atoms with E-state index in [1.165, 1.54) is 12.1 Å². The van der Waals surface area contributed by atoms with Crippen LogP contribution in [0.15, 0.2) is 109 Å². The monoisotopic (exact) mass is 425 g/mol. The molecule has 0 bridgehead atoms. The Morgan fingerprint density at radius 3 is 1.91 bits per heavy atom. The van der Waals surface area contributed by atoms with E-state index in [-0.39, 0.29) is 5.91 Å². The summed E-state index contributed by atoms with van der Waals surface area (Å²) in [6.45, 7) is 1.34. The topological polar surface area (TPSA) is 29.5 Å². The maximum absolute atomic E-state index is 13.7. The molecule has 0 heterocycles. The summed E-state index contributed by atoms with van der Waals surface area (Å²) in [4.78, 5) is 14.9. The lowest BCUT2D eigenvalue weighted by molar-refractivity contribution is 0.0729. The van der Waals surface area contributed by atoms with Gasteiger partial charge in [-0.2, -0.15) is 0 Å². The molecule has 0 unspecified atom stereocenters. The van der Waals surface area contributed by atoms with E-state index in [0.29, 0.717) is 25.3 Å². The van der Waals surface area contributed by atoms with Gasteiger partial charge in [0.25, 0.3) is 5.91 Å². The van der Waals surface area contributed by atoms with Crippen LogP contribution in [0.4, 0.5) is 4.39 Å². The Kier molecular flexibility index (Phi) is 6.93. The molecule has 0 aromatic heterocycles. The molecule has 4 aromatic carbocycles. The summed E-state index contributed by atoms with van der Waals surface area (Å²) in [6, 6.07) is 33.3. The van der Waals surface area contributed by atoms with Gasteiger partial charge in [-0.1, -0.05) is 78.9 Å². The number of nitrogens with zero attached hydrogens (tertiary/aromatic N) is 1. The van der Waals surface area contributed by atoms with Gasteiger partial charge in [0.05, 0.1) is 0 Å². The minimum Gasteiger partial charge on any atom is -0.489 e. The van der Waals surface area contributed by atoms with Crippen LogP contribution in [0, 0.1) is 5.82 Å². The van der Waals surface area contributed by atoms with Crippen LogP contribution in [-0.4, -0.2) is 10.8 Å². The molecule has 0 aliphatic heterocycles. The molecule has 160 valence electrons. The number of halogens is 1. The van der Waals surface area contributed by atoms with Crippen LogP contribution in [0.2, 0.25) is 0 Å². The van der Waals surface area contributed by atoms with Gasteiger partial charge in [0.1, 0.15) is 18.2 Å². The van der Waals surface area contributed by atoms with Gasteiger partial charge in [-0.25, -0.2) is 4.39 Å². The van der Waals surface area contributed by atoms with Crippen LogP contribution in [0.5, 0.6) is 5.75 Å². The Hall–Kier alpha value is -3.92. The third-order valence-corrected chi connectivity index (χ3v) is 5.12. The van der Waals surface area contributed by atoms with E-state index in [1.54, 1.807) is 17.0 Å². The minimum absolute atomic E-state index is 0.210. The summed E-state index contributed by atoms with van der Waals surface area (Å²) in [5.41, 5.74) is 3.42. The molecule has 0 atom stereocenters. The molecule has 0 spiro atoms. The third kappa shape index (κ3) is 5.82. The van der Waals surface area contributed by atoms with Gasteiger partial charge >= 0.3 is 0 Å². The van der Waals surface area contributed by atoms with Crippen molar-refractivity contribution in [1.82, 2.24) is 4.90 Å². The first-order chi connectivity index (χ1) is 15.7. The van der Waals surface area contributed by atoms with Gasteiger partial charge in [-0.3, -0.25) is 4.79 Å². The summed E-state index contributed by atoms with van der Waals surface area (Å²) >= 11 is 0. The number of ether oxygens (including phenoxy) is 1. The largest absolute Gasteiger partial charge is 0.489 e. The van der Waals surface area contributed by atoms with Crippen LogP contribution in [0.3, 0.4) is 0 Å². The Balaban J connectivity index is 1.48. The zero-order valence-electron chi connectivity index (χ0n) is 17.7. The van der Waals surface area contributed by atoms with Crippen molar-refractivity contribution >= 4 is 5.91 Å². The average Bonchev–Trinajstić information content (AvgIpc) is 2.84. The van der Waals surface area contributed by atoms with E-state index < -0.39 is 5.82 Å². The second-order valence-electron chi connectivity index (χ2n) is 7.58. The normalized spacial score (nSPS) is 10.5. The molecule has 0 aliphatic carbocycles. The smallest absolute Gasteiger partial charge is 0.254 e. The van der Waals surface area contributed by atoms with Crippen molar-refractivity contribution in [3.05, 3.63) is 137 Å². The lowest BCUT2D eigenvalue weighted by Gasteiger charge is -2.23. The van der Waals surface area contributed by atoms with E-state index in [0.717, 1.165) is 22.4 Å². The molecule has 0 saturated heterocycles. The lowest BCUT2D eigenvalue weighted by Crippen LogP contribution is -2.30. The molecular weight excluding hydrogens is 401 g/mol. The van der Waals surface area contributed by atoms with Crippen LogP contribution in [0.1, 0.15) is 27.0 Å². The molecule has 4 heteroatoms. The second kappa shape index (κ2) is 10.4. The van der Waals surface area contributed by atoms with E-state index in [4.69, 9.17) is 4.74 Å². The predicted molar refractivity (Wildman–Crippen MR) is 124 cm³/mol. The Morgan fingerprint density at radius 2 is 1.28 bits per heavy atom. The van der Waals surface area contributed by atoms with Gasteiger partial charge in [-0.15, -0.1) is 0 Å². The van der Waals surface area contributed by atoms with Gasteiger partial charge < -0.3 is 9.64 Å². The highest BCUT2D eigenvalue weighted by molar-refractivity contribution is 5.94. The maximum atomic E-state index is 13.7. The standard InChI is InChI=1S/C28H24FNO2/c29-26-13-7-12-25(18-26)28(31)30(19-22-8-3-1-4-9-22)20-23-14-16-27(17-15-23)32-21-24-10-5-2-6-11-24/h1-18H,19-21H2. The quantitative estimate of drug-likeness (QED) is 0.334. The van der Waals surface area contributed by atoms with Crippen molar-refractivity contribution < 1.29 is 13.9 Å². The highest BCUT2D eigenvalue weighted by Crippen LogP contribution is 2.19. The fourth-order valence-corrected chi connectivity index (χ4v) is 3.46. The molecule has 0 aliphatic rings. The van der Waals surface area contributed by atoms with Crippen LogP contribution in [0.25, 0.3) is 0 Å². The predicted octanol–water partition coefficient (Wildman–Crippen LogP) is 6.25. The van der Waals surface area contributed by atoms with E-state index in [2.05, 4.69) is 0 Å². The summed E-state index contributed by atoms with van der Waals surface area (Å²) in [6.07, 6.45) is 0. The first kappa shape index (κ1) is 21.3. The molecule has 3 nitrogen and oxygen atoms in total. The number of rotatable bonds is 8. The number of benzene rings is 4. The number of amides is 1. The maximum Gasteiger partial charge on any atom is 0.254 e. The third-order valence-electron chi connectivity index (χ3n) is 5.12. The van der Waals surface area contributed by atoms with Crippen molar-refractivity contribution in [2.24, 2.45) is 0 Å². The van der Waals surface area contributed by atoms with Gasteiger partial charge in [0, 0.05) is 18.7 Å². The Bertz CT molecular complexity index is 1140. The van der Waals surface area contributed by atoms with Gasteiger partial charge in [-0.05, 0) is 47.0 Å². The number of carbonyl (C=O) groups is 1. The van der Waals surface area contributed by atoms with Crippen molar-refractivity contribution in [3.63, 3.8) is 0 Å². The molecule has 0 saturated carbocycles. The fraction of sp³-hybridized carbons (Fsp3) is 0.107. The Morgan fingerprint density at radius 1 is 0.688 bits per heavy atom. The molecule has 4 rings (SSSR count). The van der Waals surface area contributed by atoms with Gasteiger partial charge in [0.2, 0.25) is 0 Å². The van der Waals surface area contributed by atoms with Crippen molar-refractivity contribution in [1.29, 1.82) is 0 Å². The van der Waals surface area contributed by atoms with Crippen LogP contribution in [-0.2, 0) is 19.7 Å². The van der Waals surface area contributed by atoms with Gasteiger partial charge in [0.15, 0.2) is 0 Å². The first-order valence-corrected chi connectivity index (χ1v) is 10.5. The number of hydrogen-bond donors (Lipinski definition) is 0. The first-order valence-electron chi connectivity index (χ1n) is 10.5. The summed E-state index contributed by atoms with van der Waals surface area (Å²) in [5.74, 6) is 0.136. The van der Waals surface area contributed by atoms with Crippen LogP contribution >= 0.6 is 0 Å². The number of carbonyl (C=O) groups excluding carboxylic acids is 1. The van der Waals surface area contributed by atoms with E-state index >= 15 is 0 Å². The molecule has 32 heavy (non-hydrogen) atoms. The SMILES string of the molecule is O=C(c1cccc(F)c1)N(Cc1ccccc1)Cc1ccc(OCc2ccccc2)cc1. The highest BCUT2D eigenvalue weighted by Gasteiger charge is 2.17. The Labute approximate surface area is 187 Å². The average molecular weight is 426 g/mol. The highest BCUT2D eigenvalue weighted by atomic mass is 19.1. The van der Waals surface area contributed by atoms with Crippen molar-refractivity contribution in [2.75, 3.05) is 0 Å². The fourth-order valence-electron chi connectivity index (χ4n) is 3.46. The zero-order chi connectivity index (χ0) is 22.2. The summed E-state index contributed by atoms with van der Waals surface area (Å²) in [5, 5.41) is 0. The van der Waals surface area contributed by atoms with E-state index in [1.807, 2.05) is 84.9 Å². The second-order valence-corrected chi connectivity index (χ2v) is 7.58. The zero-order valence-corrected chi connectivity index (χ0v) is 17.7. The van der Waals surface area contributed by atoms with E-state index in [9.17, 15) is 9.18 Å². The molecule has 4 aromatic rings. The molecule has 1 amide bonds. The lowest BCUT2D eigenvalue weighted by atomic mass is 10.1. The molecule has 0 radical (unpaired) electrons.